The zero-order valence-corrected chi connectivity index (χ0v) is 10.4. The minimum absolute atomic E-state index is 0.0300. The highest BCUT2D eigenvalue weighted by molar-refractivity contribution is 5.76. The van der Waals surface area contributed by atoms with Crippen LogP contribution in [0.5, 0.6) is 0 Å². The summed E-state index contributed by atoms with van der Waals surface area (Å²) in [4.78, 5) is 26.4. The normalized spacial score (nSPS) is 25.5. The first-order valence-electron chi connectivity index (χ1n) is 6.53. The summed E-state index contributed by atoms with van der Waals surface area (Å²) in [5.41, 5.74) is 0. The summed E-state index contributed by atoms with van der Waals surface area (Å²) in [6.45, 7) is 1.78. The molecule has 0 radical (unpaired) electrons. The van der Waals surface area contributed by atoms with Crippen molar-refractivity contribution in [2.75, 3.05) is 19.6 Å². The number of carbonyl (C=O) groups is 2. The molecule has 2 fully saturated rings. The first-order chi connectivity index (χ1) is 8.58. The van der Waals surface area contributed by atoms with E-state index in [4.69, 9.17) is 5.11 Å². The van der Waals surface area contributed by atoms with Gasteiger partial charge in [-0.3, -0.25) is 4.79 Å². The molecular weight excluding hydrogens is 236 g/mol. The van der Waals surface area contributed by atoms with Crippen LogP contribution >= 0.6 is 0 Å². The molecule has 2 saturated heterocycles. The Morgan fingerprint density at radius 3 is 2.39 bits per heavy atom. The van der Waals surface area contributed by atoms with Gasteiger partial charge < -0.3 is 20.0 Å². The Morgan fingerprint density at radius 2 is 1.78 bits per heavy atom. The van der Waals surface area contributed by atoms with E-state index < -0.39 is 5.97 Å². The number of piperidine rings is 1. The Bertz CT molecular complexity index is 326. The quantitative estimate of drug-likeness (QED) is 0.754. The zero-order valence-electron chi connectivity index (χ0n) is 10.4. The Hall–Kier alpha value is -1.30. The third-order valence-electron chi connectivity index (χ3n) is 3.77. The van der Waals surface area contributed by atoms with Crippen LogP contribution in [0.3, 0.4) is 0 Å². The van der Waals surface area contributed by atoms with Gasteiger partial charge in [-0.25, -0.2) is 4.79 Å². The Labute approximate surface area is 106 Å². The fourth-order valence-corrected chi connectivity index (χ4v) is 2.74. The second kappa shape index (κ2) is 5.56. The molecule has 2 amide bonds. The molecule has 2 heterocycles. The first kappa shape index (κ1) is 13.1. The number of aliphatic hydroxyl groups excluding tert-OH is 1. The summed E-state index contributed by atoms with van der Waals surface area (Å²) in [7, 11) is 0. The topological polar surface area (TPSA) is 81.1 Å². The van der Waals surface area contributed by atoms with E-state index in [1.807, 2.05) is 0 Å². The molecule has 0 bridgehead atoms. The summed E-state index contributed by atoms with van der Waals surface area (Å²) < 4.78 is 0. The highest BCUT2D eigenvalue weighted by atomic mass is 16.4. The number of hydrogen-bond acceptors (Lipinski definition) is 3. The van der Waals surface area contributed by atoms with E-state index in [0.717, 1.165) is 12.8 Å². The number of nitrogens with zero attached hydrogens (tertiary/aromatic N) is 2. The van der Waals surface area contributed by atoms with Gasteiger partial charge in [-0.2, -0.15) is 0 Å². The molecule has 2 aliphatic rings. The summed E-state index contributed by atoms with van der Waals surface area (Å²) in [5, 5.41) is 18.2. The lowest BCUT2D eigenvalue weighted by atomic mass is 10.1. The Balaban J connectivity index is 1.93. The van der Waals surface area contributed by atoms with Crippen LogP contribution in [0.15, 0.2) is 0 Å². The number of aliphatic carboxylic acids is 1. The SMILES string of the molecule is O=C(O)CC1CCCN1C(=O)N1CCC(O)CC1. The van der Waals surface area contributed by atoms with Gasteiger partial charge in [-0.05, 0) is 25.7 Å². The van der Waals surface area contributed by atoms with Crippen LogP contribution in [-0.4, -0.2) is 63.8 Å². The van der Waals surface area contributed by atoms with Crippen molar-refractivity contribution in [1.29, 1.82) is 0 Å². The summed E-state index contributed by atoms with van der Waals surface area (Å²) in [5.74, 6) is -0.853. The number of carbonyl (C=O) groups excluding carboxylic acids is 1. The highest BCUT2D eigenvalue weighted by Crippen LogP contribution is 2.23. The summed E-state index contributed by atoms with van der Waals surface area (Å²) >= 11 is 0. The molecule has 1 atom stereocenters. The molecule has 102 valence electrons. The van der Waals surface area contributed by atoms with Gasteiger partial charge in [0.25, 0.3) is 0 Å². The molecule has 1 unspecified atom stereocenters. The third kappa shape index (κ3) is 2.93. The van der Waals surface area contributed by atoms with Gasteiger partial charge in [0.15, 0.2) is 0 Å². The molecular formula is C12H20N2O4. The smallest absolute Gasteiger partial charge is 0.320 e. The van der Waals surface area contributed by atoms with Gasteiger partial charge >= 0.3 is 12.0 Å². The molecule has 18 heavy (non-hydrogen) atoms. The molecule has 0 aromatic carbocycles. The summed E-state index contributed by atoms with van der Waals surface area (Å²) in [6, 6.07) is -0.229. The van der Waals surface area contributed by atoms with Crippen LogP contribution in [0.4, 0.5) is 4.79 Å². The molecule has 0 aromatic rings. The number of carboxylic acids is 1. The Kier molecular flexibility index (Phi) is 4.06. The van der Waals surface area contributed by atoms with Gasteiger partial charge in [-0.15, -0.1) is 0 Å². The van der Waals surface area contributed by atoms with Gasteiger partial charge in [0.1, 0.15) is 0 Å². The van der Waals surface area contributed by atoms with Crippen molar-refractivity contribution in [2.24, 2.45) is 0 Å². The van der Waals surface area contributed by atoms with Crippen LogP contribution in [0.1, 0.15) is 32.1 Å². The van der Waals surface area contributed by atoms with Crippen molar-refractivity contribution in [3.8, 4) is 0 Å². The van der Waals surface area contributed by atoms with Crippen LogP contribution in [-0.2, 0) is 4.79 Å². The van der Waals surface area contributed by atoms with E-state index in [1.165, 1.54) is 0 Å². The summed E-state index contributed by atoms with van der Waals surface area (Å²) in [6.07, 6.45) is 2.60. The fourth-order valence-electron chi connectivity index (χ4n) is 2.74. The van der Waals surface area contributed by atoms with E-state index in [1.54, 1.807) is 9.80 Å². The lowest BCUT2D eigenvalue weighted by Crippen LogP contribution is -2.49. The van der Waals surface area contributed by atoms with Crippen LogP contribution in [0, 0.1) is 0 Å². The minimum Gasteiger partial charge on any atom is -0.481 e. The molecule has 2 rings (SSSR count). The predicted molar refractivity (Wildman–Crippen MR) is 64.2 cm³/mol. The van der Waals surface area contributed by atoms with E-state index in [2.05, 4.69) is 0 Å². The van der Waals surface area contributed by atoms with Gasteiger partial charge in [0, 0.05) is 25.7 Å². The van der Waals surface area contributed by atoms with Gasteiger partial charge in [-0.1, -0.05) is 0 Å². The van der Waals surface area contributed by atoms with E-state index in [-0.39, 0.29) is 24.6 Å². The van der Waals surface area contributed by atoms with Crippen molar-refractivity contribution >= 4 is 12.0 Å². The maximum Gasteiger partial charge on any atom is 0.320 e. The number of rotatable bonds is 2. The molecule has 0 spiro atoms. The third-order valence-corrected chi connectivity index (χ3v) is 3.77. The fraction of sp³-hybridized carbons (Fsp3) is 0.833. The molecule has 6 nitrogen and oxygen atoms in total. The molecule has 0 saturated carbocycles. The first-order valence-corrected chi connectivity index (χ1v) is 6.53. The number of urea groups is 1. The monoisotopic (exact) mass is 256 g/mol. The average Bonchev–Trinajstić information content (AvgIpc) is 2.76. The van der Waals surface area contributed by atoms with Crippen molar-refractivity contribution in [2.45, 2.75) is 44.2 Å². The number of amides is 2. The average molecular weight is 256 g/mol. The second-order valence-electron chi connectivity index (χ2n) is 5.09. The lowest BCUT2D eigenvalue weighted by Gasteiger charge is -2.35. The largest absolute Gasteiger partial charge is 0.481 e. The van der Waals surface area contributed by atoms with Crippen LogP contribution < -0.4 is 0 Å². The van der Waals surface area contributed by atoms with Crippen LogP contribution in [0.2, 0.25) is 0 Å². The van der Waals surface area contributed by atoms with E-state index >= 15 is 0 Å². The van der Waals surface area contributed by atoms with Gasteiger partial charge in [0.2, 0.25) is 0 Å². The zero-order chi connectivity index (χ0) is 13.1. The molecule has 6 heteroatoms. The number of aliphatic hydroxyl groups is 1. The Morgan fingerprint density at radius 1 is 1.11 bits per heavy atom. The standard InChI is InChI=1S/C12H20N2O4/c15-10-3-6-13(7-4-10)12(18)14-5-1-2-9(14)8-11(16)17/h9-10,15H,1-8H2,(H,16,17). The van der Waals surface area contributed by atoms with Gasteiger partial charge in [0.05, 0.1) is 12.5 Å². The molecule has 2 N–H and O–H groups in total. The highest BCUT2D eigenvalue weighted by Gasteiger charge is 2.34. The van der Waals surface area contributed by atoms with E-state index in [9.17, 15) is 14.7 Å². The van der Waals surface area contributed by atoms with Crippen molar-refractivity contribution < 1.29 is 19.8 Å². The lowest BCUT2D eigenvalue weighted by molar-refractivity contribution is -0.138. The number of likely N-dealkylation sites (tertiary alicyclic amines) is 2. The number of hydrogen-bond donors (Lipinski definition) is 2. The van der Waals surface area contributed by atoms with E-state index in [0.29, 0.717) is 32.5 Å². The van der Waals surface area contributed by atoms with Crippen molar-refractivity contribution in [3.63, 3.8) is 0 Å². The molecule has 0 aromatic heterocycles. The molecule has 0 aliphatic carbocycles. The van der Waals surface area contributed by atoms with Crippen LogP contribution in [0.25, 0.3) is 0 Å². The maximum absolute atomic E-state index is 12.3. The minimum atomic E-state index is -0.853. The maximum atomic E-state index is 12.3. The van der Waals surface area contributed by atoms with Crippen molar-refractivity contribution in [1.82, 2.24) is 9.80 Å². The van der Waals surface area contributed by atoms with Crippen molar-refractivity contribution in [3.05, 3.63) is 0 Å². The second-order valence-corrected chi connectivity index (χ2v) is 5.09. The molecule has 2 aliphatic heterocycles. The predicted octanol–water partition coefficient (Wildman–Crippen LogP) is 0.502. The number of carboxylic acid groups (broad SMARTS) is 1.